The lowest BCUT2D eigenvalue weighted by atomic mass is 10.1. The molecule has 2 aromatic heterocycles. The zero-order chi connectivity index (χ0) is 23.6. The van der Waals surface area contributed by atoms with Crippen LogP contribution in [0.2, 0.25) is 0 Å². The molecule has 0 bridgehead atoms. The number of anilines is 3. The molecule has 0 unspecified atom stereocenters. The van der Waals surface area contributed by atoms with Crippen LogP contribution >= 0.6 is 22.7 Å². The number of thiophene rings is 2. The predicted octanol–water partition coefficient (Wildman–Crippen LogP) is 8.20. The maximum Gasteiger partial charge on any atom is 0.181 e. The van der Waals surface area contributed by atoms with Gasteiger partial charge in [0.25, 0.3) is 0 Å². The number of carbonyl (C=O) groups excluding carboxylic acids is 1. The van der Waals surface area contributed by atoms with Crippen LogP contribution in [0.1, 0.15) is 9.67 Å². The average molecular weight is 496 g/mol. The third kappa shape index (κ3) is 4.11. The van der Waals surface area contributed by atoms with Crippen molar-refractivity contribution in [2.24, 2.45) is 0 Å². The second-order valence-electron chi connectivity index (χ2n) is 7.99. The van der Waals surface area contributed by atoms with Crippen LogP contribution < -0.4 is 14.4 Å². The Morgan fingerprint density at radius 2 is 1.20 bits per heavy atom. The Labute approximate surface area is 211 Å². The van der Waals surface area contributed by atoms with Crippen molar-refractivity contribution in [3.8, 4) is 31.7 Å². The van der Waals surface area contributed by atoms with Gasteiger partial charge >= 0.3 is 0 Å². The normalized spacial score (nSPS) is 12.3. The molecule has 3 aromatic carbocycles. The highest BCUT2D eigenvalue weighted by atomic mass is 32.1. The number of hydrogen-bond donors (Lipinski definition) is 0. The Morgan fingerprint density at radius 3 is 1.77 bits per heavy atom. The van der Waals surface area contributed by atoms with Crippen LogP contribution in [0.3, 0.4) is 0 Å². The lowest BCUT2D eigenvalue weighted by Crippen LogP contribution is -2.14. The zero-order valence-electron chi connectivity index (χ0n) is 18.7. The molecule has 0 atom stereocenters. The first-order valence-corrected chi connectivity index (χ1v) is 12.9. The quantitative estimate of drug-likeness (QED) is 0.223. The van der Waals surface area contributed by atoms with Crippen LogP contribution in [0.25, 0.3) is 20.2 Å². The molecule has 172 valence electrons. The van der Waals surface area contributed by atoms with E-state index in [0.717, 1.165) is 55.0 Å². The highest BCUT2D eigenvalue weighted by Crippen LogP contribution is 2.54. The number of rotatable bonds is 6. The van der Waals surface area contributed by atoms with Crippen molar-refractivity contribution in [1.29, 1.82) is 0 Å². The van der Waals surface area contributed by atoms with E-state index in [4.69, 9.17) is 9.47 Å². The van der Waals surface area contributed by atoms with E-state index in [2.05, 4.69) is 77.7 Å². The first-order valence-electron chi connectivity index (χ1n) is 11.3. The maximum absolute atomic E-state index is 11.2. The largest absolute Gasteiger partial charge is 0.485 e. The van der Waals surface area contributed by atoms with E-state index in [9.17, 15) is 4.79 Å². The summed E-state index contributed by atoms with van der Waals surface area (Å²) in [5, 5.41) is 0. The molecule has 0 N–H and O–H groups in total. The van der Waals surface area contributed by atoms with Crippen LogP contribution in [0.4, 0.5) is 17.1 Å². The smallest absolute Gasteiger partial charge is 0.181 e. The van der Waals surface area contributed by atoms with Crippen LogP contribution in [0.5, 0.6) is 11.5 Å². The number of hydrogen-bond acceptors (Lipinski definition) is 6. The fourth-order valence-corrected chi connectivity index (χ4v) is 6.33. The maximum atomic E-state index is 11.2. The summed E-state index contributed by atoms with van der Waals surface area (Å²) in [6.07, 6.45) is 0.885. The molecule has 0 fully saturated rings. The van der Waals surface area contributed by atoms with Gasteiger partial charge < -0.3 is 14.4 Å². The van der Waals surface area contributed by atoms with Gasteiger partial charge in [0.15, 0.2) is 17.8 Å². The molecular formula is C29H21NO3S2. The summed E-state index contributed by atoms with van der Waals surface area (Å²) in [5.74, 6) is 1.56. The average Bonchev–Trinajstić information content (AvgIpc) is 3.56. The number of nitrogens with zero attached hydrogens (tertiary/aromatic N) is 1. The molecule has 0 saturated heterocycles. The van der Waals surface area contributed by atoms with Gasteiger partial charge in [0.1, 0.15) is 13.2 Å². The van der Waals surface area contributed by atoms with Crippen LogP contribution in [-0.2, 0) is 0 Å². The minimum Gasteiger partial charge on any atom is -0.485 e. The van der Waals surface area contributed by atoms with E-state index in [0.29, 0.717) is 18.1 Å². The van der Waals surface area contributed by atoms with Gasteiger partial charge in [-0.25, -0.2) is 0 Å². The first kappa shape index (κ1) is 21.6. The van der Waals surface area contributed by atoms with Crippen LogP contribution in [0.15, 0.2) is 97.1 Å². The fourth-order valence-electron chi connectivity index (χ4n) is 4.20. The van der Waals surface area contributed by atoms with Crippen molar-refractivity contribution < 1.29 is 14.3 Å². The number of carbonyl (C=O) groups is 1. The van der Waals surface area contributed by atoms with Gasteiger partial charge in [-0.15, -0.1) is 22.7 Å². The summed E-state index contributed by atoms with van der Waals surface area (Å²) in [6, 6.07) is 33.1. The summed E-state index contributed by atoms with van der Waals surface area (Å²) in [5.41, 5.74) is 4.34. The molecule has 6 heteroatoms. The minimum absolute atomic E-state index is 0.518. The molecule has 0 amide bonds. The summed E-state index contributed by atoms with van der Waals surface area (Å²) < 4.78 is 12.1. The molecule has 6 rings (SSSR count). The van der Waals surface area contributed by atoms with Crippen LogP contribution in [-0.4, -0.2) is 19.5 Å². The van der Waals surface area contributed by atoms with E-state index >= 15 is 0 Å². The number of ether oxygens (including phenoxy) is 2. The predicted molar refractivity (Wildman–Crippen MR) is 144 cm³/mol. The minimum atomic E-state index is 0.518. The Bertz CT molecular complexity index is 1420. The molecule has 1 aliphatic heterocycles. The molecule has 1 aliphatic rings. The number of fused-ring (bicyclic) bond motifs is 1. The highest BCUT2D eigenvalue weighted by molar-refractivity contribution is 7.25. The van der Waals surface area contributed by atoms with Crippen molar-refractivity contribution in [3.05, 3.63) is 102 Å². The van der Waals surface area contributed by atoms with E-state index in [1.165, 1.54) is 11.3 Å². The van der Waals surface area contributed by atoms with E-state index in [1.54, 1.807) is 11.3 Å². The number of para-hydroxylation sites is 2. The van der Waals surface area contributed by atoms with E-state index in [1.807, 2.05) is 24.3 Å². The Hall–Kier alpha value is -3.87. The number of benzene rings is 3. The summed E-state index contributed by atoms with van der Waals surface area (Å²) in [4.78, 5) is 17.2. The number of aldehydes is 1. The molecule has 0 saturated carbocycles. The summed E-state index contributed by atoms with van der Waals surface area (Å²) >= 11 is 3.11. The second-order valence-corrected chi connectivity index (χ2v) is 10.1. The second kappa shape index (κ2) is 9.41. The Balaban J connectivity index is 1.41. The van der Waals surface area contributed by atoms with Crippen molar-refractivity contribution in [2.45, 2.75) is 0 Å². The van der Waals surface area contributed by atoms with Crippen molar-refractivity contribution >= 4 is 46.0 Å². The van der Waals surface area contributed by atoms with E-state index < -0.39 is 0 Å². The molecule has 0 aliphatic carbocycles. The third-order valence-electron chi connectivity index (χ3n) is 5.78. The van der Waals surface area contributed by atoms with Crippen LogP contribution in [0, 0.1) is 0 Å². The highest BCUT2D eigenvalue weighted by Gasteiger charge is 2.27. The van der Waals surface area contributed by atoms with Gasteiger partial charge in [0.2, 0.25) is 0 Å². The molecule has 0 radical (unpaired) electrons. The summed E-state index contributed by atoms with van der Waals surface area (Å²) in [6.45, 7) is 1.04. The summed E-state index contributed by atoms with van der Waals surface area (Å²) in [7, 11) is 0. The zero-order valence-corrected chi connectivity index (χ0v) is 20.4. The molecular weight excluding hydrogens is 474 g/mol. The molecule has 4 nitrogen and oxygen atoms in total. The van der Waals surface area contributed by atoms with Gasteiger partial charge in [-0.05, 0) is 54.1 Å². The first-order chi connectivity index (χ1) is 17.3. The molecule has 5 aromatic rings. The lowest BCUT2D eigenvalue weighted by Gasteiger charge is -2.25. The standard InChI is InChI=1S/C29H21NO3S2/c31-19-24-15-16-25(34-24)29-27-26(32-17-18-33-27)28(35-29)20-11-13-23(14-12-20)30(21-7-3-1-4-8-21)22-9-5-2-6-10-22/h1-16,19H,17-18H2. The van der Waals surface area contributed by atoms with Crippen molar-refractivity contribution in [2.75, 3.05) is 18.1 Å². The molecule has 35 heavy (non-hydrogen) atoms. The monoisotopic (exact) mass is 495 g/mol. The van der Waals surface area contributed by atoms with Gasteiger partial charge in [0, 0.05) is 21.9 Å². The molecule has 3 heterocycles. The topological polar surface area (TPSA) is 38.8 Å². The molecule has 0 spiro atoms. The SMILES string of the molecule is O=Cc1ccc(-c2sc(-c3ccc(N(c4ccccc4)c4ccccc4)cc3)c3c2OCCO3)s1. The van der Waals surface area contributed by atoms with Gasteiger partial charge in [-0.2, -0.15) is 0 Å². The Kier molecular flexibility index (Phi) is 5.82. The fraction of sp³-hybridized carbons (Fsp3) is 0.0690. The lowest BCUT2D eigenvalue weighted by molar-refractivity contribution is 0.112. The third-order valence-corrected chi connectivity index (χ3v) is 8.17. The van der Waals surface area contributed by atoms with E-state index in [-0.39, 0.29) is 0 Å². The van der Waals surface area contributed by atoms with Crippen molar-refractivity contribution in [3.63, 3.8) is 0 Å². The Morgan fingerprint density at radius 1 is 0.629 bits per heavy atom. The van der Waals surface area contributed by atoms with Gasteiger partial charge in [-0.3, -0.25) is 4.79 Å². The van der Waals surface area contributed by atoms with Crippen molar-refractivity contribution in [1.82, 2.24) is 0 Å². The van der Waals surface area contributed by atoms with Gasteiger partial charge in [-0.1, -0.05) is 48.5 Å². The van der Waals surface area contributed by atoms with Gasteiger partial charge in [0.05, 0.1) is 14.6 Å².